The molecule has 0 unspecified atom stereocenters. The van der Waals surface area contributed by atoms with Gasteiger partial charge in [-0.2, -0.15) is 0 Å². The van der Waals surface area contributed by atoms with Gasteiger partial charge in [0.25, 0.3) is 0 Å². The number of ether oxygens (including phenoxy) is 1. The highest BCUT2D eigenvalue weighted by Gasteiger charge is 2.02. The Balaban J connectivity index is 1.99. The number of anilines is 1. The normalized spacial score (nSPS) is 10.6. The lowest BCUT2D eigenvalue weighted by Gasteiger charge is -2.11. The van der Waals surface area contributed by atoms with Gasteiger partial charge in [-0.3, -0.25) is 4.79 Å². The molecule has 0 N–H and O–H groups in total. The average Bonchev–Trinajstić information content (AvgIpc) is 2.58. The van der Waals surface area contributed by atoms with Crippen molar-refractivity contribution in [1.29, 1.82) is 0 Å². The van der Waals surface area contributed by atoms with E-state index in [1.54, 1.807) is 42.5 Å². The van der Waals surface area contributed by atoms with E-state index < -0.39 is 12.6 Å². The summed E-state index contributed by atoms with van der Waals surface area (Å²) in [5.74, 6) is -0.926. The van der Waals surface area contributed by atoms with E-state index in [-0.39, 0.29) is 5.78 Å². The highest BCUT2D eigenvalue weighted by atomic mass is 16.5. The fraction of sp³-hybridized carbons (Fsp3) is 0.158. The number of nitrogens with zero attached hydrogens (tertiary/aromatic N) is 1. The predicted octanol–water partition coefficient (Wildman–Crippen LogP) is 1.78. The van der Waals surface area contributed by atoms with Gasteiger partial charge >= 0.3 is 0 Å². The van der Waals surface area contributed by atoms with Gasteiger partial charge in [0.15, 0.2) is 5.78 Å². The molecule has 5 heteroatoms. The van der Waals surface area contributed by atoms with Crippen molar-refractivity contribution >= 4 is 23.5 Å². The minimum Gasteiger partial charge on any atom is -0.546 e. The summed E-state index contributed by atoms with van der Waals surface area (Å²) < 4.78 is 4.99. The molecule has 0 radical (unpaired) electrons. The number of aliphatic carboxylic acids is 1. The second kappa shape index (κ2) is 7.97. The topological polar surface area (TPSA) is 69.7 Å². The standard InChI is InChI=1S/C19H19NO4/c1-20(2)16-8-6-15(7-9-16)18(21)12-5-14-3-10-17(11-4-14)24-13-19(22)23/h3-12H,13H2,1-2H3,(H,22,23)/p-1/b12-5+. The van der Waals surface area contributed by atoms with Crippen molar-refractivity contribution in [2.24, 2.45) is 0 Å². The Hall–Kier alpha value is -3.08. The lowest BCUT2D eigenvalue weighted by atomic mass is 10.1. The molecular weight excluding hydrogens is 306 g/mol. The second-order valence-electron chi connectivity index (χ2n) is 5.37. The van der Waals surface area contributed by atoms with E-state index in [4.69, 9.17) is 4.74 Å². The SMILES string of the molecule is CN(C)c1ccc(C(=O)/C=C/c2ccc(OCC(=O)[O-])cc2)cc1. The zero-order chi connectivity index (χ0) is 17.5. The molecule has 0 aliphatic rings. The zero-order valence-electron chi connectivity index (χ0n) is 13.6. The van der Waals surface area contributed by atoms with Crippen molar-refractivity contribution in [1.82, 2.24) is 0 Å². The van der Waals surface area contributed by atoms with E-state index in [9.17, 15) is 14.7 Å². The molecule has 0 heterocycles. The van der Waals surface area contributed by atoms with Crippen LogP contribution in [0, 0.1) is 0 Å². The molecule has 0 aromatic heterocycles. The number of allylic oxidation sites excluding steroid dienone is 1. The monoisotopic (exact) mass is 324 g/mol. The smallest absolute Gasteiger partial charge is 0.185 e. The molecule has 0 spiro atoms. The molecule has 2 aromatic rings. The molecule has 24 heavy (non-hydrogen) atoms. The van der Waals surface area contributed by atoms with Crippen LogP contribution in [0.3, 0.4) is 0 Å². The lowest BCUT2D eigenvalue weighted by Crippen LogP contribution is -2.28. The van der Waals surface area contributed by atoms with Gasteiger partial charge in [0.2, 0.25) is 0 Å². The molecule has 5 nitrogen and oxygen atoms in total. The number of ketones is 1. The number of benzene rings is 2. The lowest BCUT2D eigenvalue weighted by molar-refractivity contribution is -0.307. The molecule has 0 fully saturated rings. The first-order valence-electron chi connectivity index (χ1n) is 7.38. The number of carboxylic acid groups (broad SMARTS) is 1. The number of carboxylic acids is 1. The Morgan fingerprint density at radius 2 is 1.67 bits per heavy atom. The molecule has 0 amide bonds. The molecule has 2 rings (SSSR count). The van der Waals surface area contributed by atoms with Gasteiger partial charge in [-0.15, -0.1) is 0 Å². The number of rotatable bonds is 7. The maximum Gasteiger partial charge on any atom is 0.185 e. The highest BCUT2D eigenvalue weighted by Crippen LogP contribution is 2.15. The minimum absolute atomic E-state index is 0.0856. The summed E-state index contributed by atoms with van der Waals surface area (Å²) in [7, 11) is 3.88. The van der Waals surface area contributed by atoms with Crippen LogP contribution in [0.2, 0.25) is 0 Å². The van der Waals surface area contributed by atoms with Gasteiger partial charge in [0, 0.05) is 25.3 Å². The van der Waals surface area contributed by atoms with Crippen LogP contribution < -0.4 is 14.7 Å². The van der Waals surface area contributed by atoms with Crippen LogP contribution in [-0.2, 0) is 4.79 Å². The van der Waals surface area contributed by atoms with Crippen LogP contribution in [0.1, 0.15) is 15.9 Å². The highest BCUT2D eigenvalue weighted by molar-refractivity contribution is 6.06. The predicted molar refractivity (Wildman–Crippen MR) is 91.1 cm³/mol. The van der Waals surface area contributed by atoms with Crippen LogP contribution in [0.15, 0.2) is 54.6 Å². The third kappa shape index (κ3) is 4.98. The Morgan fingerprint density at radius 3 is 2.21 bits per heavy atom. The maximum absolute atomic E-state index is 12.1. The Labute approximate surface area is 140 Å². The summed E-state index contributed by atoms with van der Waals surface area (Å²) in [4.78, 5) is 24.4. The van der Waals surface area contributed by atoms with Gasteiger partial charge in [-0.1, -0.05) is 18.2 Å². The van der Waals surface area contributed by atoms with E-state index in [1.807, 2.05) is 31.1 Å². The first kappa shape index (κ1) is 17.3. The zero-order valence-corrected chi connectivity index (χ0v) is 13.6. The molecule has 0 saturated carbocycles. The first-order chi connectivity index (χ1) is 11.5. The Morgan fingerprint density at radius 1 is 1.04 bits per heavy atom. The summed E-state index contributed by atoms with van der Waals surface area (Å²) in [6.45, 7) is -0.489. The van der Waals surface area contributed by atoms with Crippen LogP contribution >= 0.6 is 0 Å². The van der Waals surface area contributed by atoms with Crippen LogP contribution in [-0.4, -0.2) is 32.5 Å². The fourth-order valence-electron chi connectivity index (χ4n) is 2.01. The largest absolute Gasteiger partial charge is 0.546 e. The van der Waals surface area contributed by atoms with Gasteiger partial charge in [-0.25, -0.2) is 0 Å². The van der Waals surface area contributed by atoms with Crippen LogP contribution in [0.25, 0.3) is 6.08 Å². The summed E-state index contributed by atoms with van der Waals surface area (Å²) >= 11 is 0. The summed E-state index contributed by atoms with van der Waals surface area (Å²) in [6.07, 6.45) is 3.20. The molecular formula is C19H18NO4-. The van der Waals surface area contributed by atoms with Gasteiger partial charge < -0.3 is 19.5 Å². The molecule has 0 aliphatic carbocycles. The number of hydrogen-bond acceptors (Lipinski definition) is 5. The van der Waals surface area contributed by atoms with E-state index in [1.165, 1.54) is 6.08 Å². The van der Waals surface area contributed by atoms with Gasteiger partial charge in [0.1, 0.15) is 12.4 Å². The van der Waals surface area contributed by atoms with E-state index in [0.717, 1.165) is 11.3 Å². The molecule has 2 aromatic carbocycles. The van der Waals surface area contributed by atoms with Gasteiger partial charge in [-0.05, 0) is 48.0 Å². The van der Waals surface area contributed by atoms with Crippen LogP contribution in [0.5, 0.6) is 5.75 Å². The third-order valence-electron chi connectivity index (χ3n) is 3.33. The minimum atomic E-state index is -1.27. The second-order valence-corrected chi connectivity index (χ2v) is 5.37. The number of hydrogen-bond donors (Lipinski definition) is 0. The van der Waals surface area contributed by atoms with Crippen molar-refractivity contribution in [2.45, 2.75) is 0 Å². The van der Waals surface area contributed by atoms with Crippen molar-refractivity contribution in [3.05, 3.63) is 65.7 Å². The van der Waals surface area contributed by atoms with E-state index >= 15 is 0 Å². The van der Waals surface area contributed by atoms with Crippen LogP contribution in [0.4, 0.5) is 5.69 Å². The van der Waals surface area contributed by atoms with E-state index in [0.29, 0.717) is 11.3 Å². The van der Waals surface area contributed by atoms with E-state index in [2.05, 4.69) is 0 Å². The molecule has 0 saturated heterocycles. The summed E-state index contributed by atoms with van der Waals surface area (Å²) in [5, 5.41) is 10.3. The molecule has 0 atom stereocenters. The number of carbonyl (C=O) groups is 2. The Kier molecular flexibility index (Phi) is 5.73. The maximum atomic E-state index is 12.1. The van der Waals surface area contributed by atoms with Gasteiger partial charge in [0.05, 0.1) is 5.97 Å². The average molecular weight is 324 g/mol. The number of carbonyl (C=O) groups excluding carboxylic acids is 2. The molecule has 124 valence electrons. The molecule has 0 aliphatic heterocycles. The van der Waals surface area contributed by atoms with Crippen molar-refractivity contribution < 1.29 is 19.4 Å². The van der Waals surface area contributed by atoms with Crippen molar-refractivity contribution in [3.8, 4) is 5.75 Å². The summed E-state index contributed by atoms with van der Waals surface area (Å²) in [5.41, 5.74) is 2.46. The van der Waals surface area contributed by atoms with Crippen molar-refractivity contribution in [2.75, 3.05) is 25.6 Å². The first-order valence-corrected chi connectivity index (χ1v) is 7.38. The fourth-order valence-corrected chi connectivity index (χ4v) is 2.01. The Bertz CT molecular complexity index is 731. The third-order valence-corrected chi connectivity index (χ3v) is 3.33. The molecule has 0 bridgehead atoms. The summed E-state index contributed by atoms with van der Waals surface area (Å²) in [6, 6.07) is 14.1. The quantitative estimate of drug-likeness (QED) is 0.573. The van der Waals surface area contributed by atoms with Crippen molar-refractivity contribution in [3.63, 3.8) is 0 Å².